The molecule has 0 unspecified atom stereocenters. The summed E-state index contributed by atoms with van der Waals surface area (Å²) in [6.45, 7) is 8.94. The molecule has 0 radical (unpaired) electrons. The fourth-order valence-corrected chi connectivity index (χ4v) is 4.61. The quantitative estimate of drug-likeness (QED) is 0.379. The van der Waals surface area contributed by atoms with Crippen LogP contribution in [0.3, 0.4) is 0 Å². The highest BCUT2D eigenvalue weighted by Gasteiger charge is 2.21. The van der Waals surface area contributed by atoms with E-state index in [1.54, 1.807) is 4.57 Å². The Kier molecular flexibility index (Phi) is 6.09. The predicted octanol–water partition coefficient (Wildman–Crippen LogP) is 3.24. The number of tetrazole rings is 1. The number of rotatable bonds is 7. The lowest BCUT2D eigenvalue weighted by Crippen LogP contribution is -2.40. The Bertz CT molecular complexity index is 1640. The van der Waals surface area contributed by atoms with E-state index in [0.29, 0.717) is 42.4 Å². The fourth-order valence-electron chi connectivity index (χ4n) is 4.61. The van der Waals surface area contributed by atoms with Gasteiger partial charge >= 0.3 is 5.69 Å². The Morgan fingerprint density at radius 2 is 1.75 bits per heavy atom. The zero-order chi connectivity index (χ0) is 25.4. The summed E-state index contributed by atoms with van der Waals surface area (Å²) in [7, 11) is 0. The molecule has 0 amide bonds. The highest BCUT2D eigenvalue weighted by atomic mass is 16.2. The minimum absolute atomic E-state index is 0.225. The number of aromatic amines is 1. The van der Waals surface area contributed by atoms with Crippen LogP contribution in [0.15, 0.2) is 58.1 Å². The maximum atomic E-state index is 13.4. The number of nitrogens with one attached hydrogen (secondary N) is 1. The van der Waals surface area contributed by atoms with Crippen LogP contribution in [-0.4, -0.2) is 39.3 Å². The average Bonchev–Trinajstić information content (AvgIpc) is 3.51. The molecule has 0 aliphatic carbocycles. The van der Waals surface area contributed by atoms with Gasteiger partial charge in [-0.1, -0.05) is 56.3 Å². The predicted molar refractivity (Wildman–Crippen MR) is 138 cm³/mol. The van der Waals surface area contributed by atoms with Gasteiger partial charge in [-0.05, 0) is 52.9 Å². The van der Waals surface area contributed by atoms with E-state index < -0.39 is 0 Å². The molecule has 0 saturated carbocycles. The second-order valence-electron chi connectivity index (χ2n) is 9.25. The maximum Gasteiger partial charge on any atom is 0.332 e. The molecule has 3 aromatic heterocycles. The van der Waals surface area contributed by atoms with Crippen molar-refractivity contribution in [2.45, 2.75) is 47.3 Å². The number of benzene rings is 2. The largest absolute Gasteiger partial charge is 0.332 e. The van der Waals surface area contributed by atoms with Crippen molar-refractivity contribution in [3.8, 4) is 22.5 Å². The number of H-pyrrole nitrogens is 1. The number of aromatic nitrogens is 8. The second-order valence-corrected chi connectivity index (χ2v) is 9.25. The minimum atomic E-state index is -0.321. The van der Waals surface area contributed by atoms with Crippen LogP contribution in [0.2, 0.25) is 0 Å². The van der Waals surface area contributed by atoms with Gasteiger partial charge in [-0.3, -0.25) is 13.9 Å². The van der Waals surface area contributed by atoms with Crippen molar-refractivity contribution in [2.24, 2.45) is 5.92 Å². The van der Waals surface area contributed by atoms with E-state index in [1.807, 2.05) is 80.8 Å². The third kappa shape index (κ3) is 4.04. The first-order chi connectivity index (χ1) is 17.4. The molecular weight excluding hydrogens is 456 g/mol. The molecule has 0 aliphatic heterocycles. The summed E-state index contributed by atoms with van der Waals surface area (Å²) in [6, 6.07) is 16.1. The molecule has 0 spiro atoms. The van der Waals surface area contributed by atoms with E-state index in [-0.39, 0.29) is 17.2 Å². The lowest BCUT2D eigenvalue weighted by molar-refractivity contribution is 0.491. The van der Waals surface area contributed by atoms with Gasteiger partial charge < -0.3 is 4.57 Å². The Balaban J connectivity index is 1.67. The van der Waals surface area contributed by atoms with Gasteiger partial charge in [0.05, 0.1) is 0 Å². The summed E-state index contributed by atoms with van der Waals surface area (Å²) in [5.74, 6) is 1.45. The van der Waals surface area contributed by atoms with Gasteiger partial charge in [-0.2, -0.15) is 0 Å². The number of imidazole rings is 1. The molecule has 0 aliphatic rings. The van der Waals surface area contributed by atoms with Crippen LogP contribution in [0.5, 0.6) is 0 Å². The zero-order valence-electron chi connectivity index (χ0n) is 20.8. The third-order valence-corrected chi connectivity index (χ3v) is 6.28. The molecule has 5 rings (SSSR count). The smallest absolute Gasteiger partial charge is 0.318 e. The third-order valence-electron chi connectivity index (χ3n) is 6.28. The van der Waals surface area contributed by atoms with Gasteiger partial charge in [0.25, 0.3) is 5.56 Å². The molecule has 3 heterocycles. The van der Waals surface area contributed by atoms with E-state index in [2.05, 4.69) is 25.6 Å². The maximum absolute atomic E-state index is 13.4. The van der Waals surface area contributed by atoms with E-state index in [9.17, 15) is 9.59 Å². The van der Waals surface area contributed by atoms with Crippen molar-refractivity contribution < 1.29 is 0 Å². The normalized spacial score (nSPS) is 11.6. The zero-order valence-corrected chi connectivity index (χ0v) is 20.8. The average molecular weight is 485 g/mol. The lowest BCUT2D eigenvalue weighted by Gasteiger charge is -2.14. The SMILES string of the molecule is CCn1c(=O)c2c(nc(C)n2Cc2ccc(-c3ccccc3)c(-c3nnn[nH]3)c2)n(CC(C)C)c1=O. The van der Waals surface area contributed by atoms with Crippen LogP contribution in [0, 0.1) is 12.8 Å². The molecule has 0 atom stereocenters. The van der Waals surface area contributed by atoms with Crippen molar-refractivity contribution in [1.29, 1.82) is 0 Å². The van der Waals surface area contributed by atoms with Crippen LogP contribution < -0.4 is 11.2 Å². The minimum Gasteiger partial charge on any atom is -0.318 e. The van der Waals surface area contributed by atoms with Crippen LogP contribution >= 0.6 is 0 Å². The summed E-state index contributed by atoms with van der Waals surface area (Å²) in [5, 5.41) is 14.5. The highest BCUT2D eigenvalue weighted by molar-refractivity contribution is 5.81. The van der Waals surface area contributed by atoms with E-state index >= 15 is 0 Å². The molecule has 1 N–H and O–H groups in total. The van der Waals surface area contributed by atoms with E-state index in [4.69, 9.17) is 0 Å². The standard InChI is InChI=1S/C26H28N8O2/c1-5-32-25(35)22-24(34(26(32)36)14-16(2)3)27-17(4)33(22)15-18-11-12-20(19-9-7-6-8-10-19)21(13-18)23-28-30-31-29-23/h6-13,16H,5,14-15H2,1-4H3,(H,28,29,30,31). The Labute approximate surface area is 207 Å². The molecule has 0 fully saturated rings. The van der Waals surface area contributed by atoms with Crippen LogP contribution in [0.4, 0.5) is 0 Å². The summed E-state index contributed by atoms with van der Waals surface area (Å²) < 4.78 is 4.80. The monoisotopic (exact) mass is 484 g/mol. The molecule has 5 aromatic rings. The Morgan fingerprint density at radius 3 is 2.42 bits per heavy atom. The number of aryl methyl sites for hydroxylation is 1. The molecular formula is C26H28N8O2. The molecule has 2 aromatic carbocycles. The van der Waals surface area contributed by atoms with Gasteiger partial charge in [0.2, 0.25) is 0 Å². The Hall–Kier alpha value is -4.34. The lowest BCUT2D eigenvalue weighted by atomic mass is 9.97. The first-order valence-corrected chi connectivity index (χ1v) is 12.0. The molecule has 184 valence electrons. The van der Waals surface area contributed by atoms with Crippen molar-refractivity contribution in [3.05, 3.63) is 80.8 Å². The van der Waals surface area contributed by atoms with Gasteiger partial charge in [-0.25, -0.2) is 14.9 Å². The van der Waals surface area contributed by atoms with Crippen LogP contribution in [0.1, 0.15) is 32.2 Å². The fraction of sp³-hybridized carbons (Fsp3) is 0.308. The van der Waals surface area contributed by atoms with Crippen LogP contribution in [-0.2, 0) is 19.6 Å². The molecule has 0 saturated heterocycles. The van der Waals surface area contributed by atoms with E-state index in [1.165, 1.54) is 4.57 Å². The summed E-state index contributed by atoms with van der Waals surface area (Å²) in [6.07, 6.45) is 0. The summed E-state index contributed by atoms with van der Waals surface area (Å²) in [5.41, 5.74) is 4.07. The number of hydrogen-bond acceptors (Lipinski definition) is 6. The van der Waals surface area contributed by atoms with Crippen LogP contribution in [0.25, 0.3) is 33.7 Å². The van der Waals surface area contributed by atoms with E-state index in [0.717, 1.165) is 22.3 Å². The van der Waals surface area contributed by atoms with Crippen molar-refractivity contribution in [2.75, 3.05) is 0 Å². The number of fused-ring (bicyclic) bond motifs is 1. The van der Waals surface area contributed by atoms with Gasteiger partial charge in [0.15, 0.2) is 17.0 Å². The first-order valence-electron chi connectivity index (χ1n) is 12.0. The molecule has 36 heavy (non-hydrogen) atoms. The van der Waals surface area contributed by atoms with Crippen molar-refractivity contribution in [1.82, 2.24) is 39.3 Å². The van der Waals surface area contributed by atoms with Gasteiger partial charge in [0.1, 0.15) is 5.82 Å². The summed E-state index contributed by atoms with van der Waals surface area (Å²) in [4.78, 5) is 31.1. The Morgan fingerprint density at radius 1 is 0.972 bits per heavy atom. The topological polar surface area (TPSA) is 116 Å². The summed E-state index contributed by atoms with van der Waals surface area (Å²) >= 11 is 0. The molecule has 0 bridgehead atoms. The molecule has 10 nitrogen and oxygen atoms in total. The van der Waals surface area contributed by atoms with Crippen molar-refractivity contribution >= 4 is 11.2 Å². The number of hydrogen-bond donors (Lipinski definition) is 1. The second kappa shape index (κ2) is 9.37. The molecule has 10 heteroatoms. The van der Waals surface area contributed by atoms with Crippen molar-refractivity contribution in [3.63, 3.8) is 0 Å². The highest BCUT2D eigenvalue weighted by Crippen LogP contribution is 2.31. The van der Waals surface area contributed by atoms with Gasteiger partial charge in [-0.15, -0.1) is 5.10 Å². The number of nitrogens with zero attached hydrogens (tertiary/aromatic N) is 7. The first kappa shape index (κ1) is 23.4. The van der Waals surface area contributed by atoms with Gasteiger partial charge in [0, 0.05) is 25.2 Å².